The van der Waals surface area contributed by atoms with Gasteiger partial charge in [0.2, 0.25) is 0 Å². The molecule has 104 valence electrons. The minimum absolute atomic E-state index is 0.0554. The third kappa shape index (κ3) is 3.96. The summed E-state index contributed by atoms with van der Waals surface area (Å²) >= 11 is 0. The molecule has 1 aliphatic rings. The molecule has 0 amide bonds. The summed E-state index contributed by atoms with van der Waals surface area (Å²) in [6, 6.07) is 4.10. The minimum atomic E-state index is -0.0554. The van der Waals surface area contributed by atoms with Gasteiger partial charge in [-0.15, -0.1) is 0 Å². The second kappa shape index (κ2) is 7.14. The molecular formula is C15H22N2O2. The lowest BCUT2D eigenvalue weighted by atomic mass is 10.0. The summed E-state index contributed by atoms with van der Waals surface area (Å²) in [5, 5.41) is 3.50. The molecule has 1 fully saturated rings. The van der Waals surface area contributed by atoms with Gasteiger partial charge in [0.25, 0.3) is 5.56 Å². The van der Waals surface area contributed by atoms with E-state index in [0.29, 0.717) is 18.4 Å². The number of pyridine rings is 1. The summed E-state index contributed by atoms with van der Waals surface area (Å²) in [5.74, 6) is 0.402. The van der Waals surface area contributed by atoms with E-state index < -0.39 is 0 Å². The average molecular weight is 262 g/mol. The van der Waals surface area contributed by atoms with Gasteiger partial charge in [-0.2, -0.15) is 0 Å². The van der Waals surface area contributed by atoms with Crippen LogP contribution in [0.25, 0.3) is 0 Å². The van der Waals surface area contributed by atoms with Gasteiger partial charge in [0.15, 0.2) is 5.75 Å². The highest BCUT2D eigenvalue weighted by molar-refractivity contribution is 5.17. The zero-order valence-electron chi connectivity index (χ0n) is 11.3. The largest absolute Gasteiger partial charge is 0.484 e. The van der Waals surface area contributed by atoms with Crippen LogP contribution >= 0.6 is 0 Å². The van der Waals surface area contributed by atoms with Crippen molar-refractivity contribution in [2.45, 2.75) is 38.3 Å². The van der Waals surface area contributed by atoms with Gasteiger partial charge >= 0.3 is 0 Å². The van der Waals surface area contributed by atoms with Gasteiger partial charge in [0, 0.05) is 18.8 Å². The van der Waals surface area contributed by atoms with Gasteiger partial charge in [-0.25, -0.2) is 0 Å². The van der Waals surface area contributed by atoms with Crippen molar-refractivity contribution in [3.63, 3.8) is 0 Å². The second-order valence-corrected chi connectivity index (χ2v) is 4.91. The monoisotopic (exact) mass is 262 g/mol. The minimum Gasteiger partial charge on any atom is -0.484 e. The summed E-state index contributed by atoms with van der Waals surface area (Å²) < 4.78 is 7.08. The predicted octanol–water partition coefficient (Wildman–Crippen LogP) is 1.95. The number of aromatic nitrogens is 1. The van der Waals surface area contributed by atoms with Gasteiger partial charge in [-0.1, -0.05) is 19.1 Å². The molecule has 4 nitrogen and oxygen atoms in total. The Morgan fingerprint density at radius 1 is 1.53 bits per heavy atom. The van der Waals surface area contributed by atoms with Crippen molar-refractivity contribution in [2.75, 3.05) is 13.2 Å². The zero-order valence-corrected chi connectivity index (χ0v) is 11.3. The zero-order chi connectivity index (χ0) is 13.5. The highest BCUT2D eigenvalue weighted by Gasteiger charge is 2.12. The molecule has 0 aromatic carbocycles. The van der Waals surface area contributed by atoms with E-state index in [1.807, 2.05) is 12.3 Å². The van der Waals surface area contributed by atoms with E-state index in [0.717, 1.165) is 19.5 Å². The Hall–Kier alpha value is -1.55. The van der Waals surface area contributed by atoms with E-state index in [4.69, 9.17) is 4.74 Å². The second-order valence-electron chi connectivity index (χ2n) is 4.91. The predicted molar refractivity (Wildman–Crippen MR) is 76.7 cm³/mol. The van der Waals surface area contributed by atoms with E-state index in [2.05, 4.69) is 11.9 Å². The standard InChI is InChI=1S/C15H22N2O2/c1-2-12-19-14-7-5-10-17(15(14)18)11-8-13-6-3-4-9-16-13/h2,5,7,10,13,16H,1,3-4,6,8-9,11-12H2. The fourth-order valence-corrected chi connectivity index (χ4v) is 2.41. The van der Waals surface area contributed by atoms with Crippen molar-refractivity contribution in [2.24, 2.45) is 0 Å². The Labute approximate surface area is 114 Å². The molecular weight excluding hydrogens is 240 g/mol. The molecule has 1 aromatic heterocycles. The van der Waals surface area contributed by atoms with Gasteiger partial charge < -0.3 is 14.6 Å². The lowest BCUT2D eigenvalue weighted by molar-refractivity contribution is 0.345. The molecule has 4 heteroatoms. The molecule has 1 aliphatic heterocycles. The summed E-state index contributed by atoms with van der Waals surface area (Å²) in [5.41, 5.74) is -0.0554. The molecule has 2 heterocycles. The van der Waals surface area contributed by atoms with E-state index in [1.54, 1.807) is 16.7 Å². The number of hydrogen-bond acceptors (Lipinski definition) is 3. The number of ether oxygens (including phenoxy) is 1. The summed E-state index contributed by atoms with van der Waals surface area (Å²) in [6.07, 6.45) is 8.22. The topological polar surface area (TPSA) is 43.3 Å². The van der Waals surface area contributed by atoms with Crippen LogP contribution in [0.4, 0.5) is 0 Å². The fourth-order valence-electron chi connectivity index (χ4n) is 2.41. The van der Waals surface area contributed by atoms with Crippen LogP contribution in [-0.2, 0) is 6.54 Å². The maximum absolute atomic E-state index is 12.1. The number of rotatable bonds is 6. The highest BCUT2D eigenvalue weighted by Crippen LogP contribution is 2.11. The molecule has 0 bridgehead atoms. The van der Waals surface area contributed by atoms with Gasteiger partial charge in [0.1, 0.15) is 6.61 Å². The molecule has 0 radical (unpaired) electrons. The molecule has 1 N–H and O–H groups in total. The molecule has 1 unspecified atom stereocenters. The van der Waals surface area contributed by atoms with Gasteiger partial charge in [-0.3, -0.25) is 4.79 Å². The highest BCUT2D eigenvalue weighted by atomic mass is 16.5. The first-order valence-corrected chi connectivity index (χ1v) is 6.98. The van der Waals surface area contributed by atoms with E-state index in [1.165, 1.54) is 19.3 Å². The van der Waals surface area contributed by atoms with E-state index in [9.17, 15) is 4.79 Å². The van der Waals surface area contributed by atoms with Crippen molar-refractivity contribution < 1.29 is 4.74 Å². The van der Waals surface area contributed by atoms with Crippen molar-refractivity contribution in [3.05, 3.63) is 41.3 Å². The maximum atomic E-state index is 12.1. The van der Waals surface area contributed by atoms with Crippen LogP contribution in [0, 0.1) is 0 Å². The van der Waals surface area contributed by atoms with Crippen LogP contribution in [0.15, 0.2) is 35.8 Å². The number of nitrogens with zero attached hydrogens (tertiary/aromatic N) is 1. The number of piperidine rings is 1. The summed E-state index contributed by atoms with van der Waals surface area (Å²) in [7, 11) is 0. The van der Waals surface area contributed by atoms with Crippen LogP contribution in [0.2, 0.25) is 0 Å². The SMILES string of the molecule is C=CCOc1cccn(CCC2CCCCN2)c1=O. The third-order valence-corrected chi connectivity index (χ3v) is 3.47. The van der Waals surface area contributed by atoms with Crippen molar-refractivity contribution in [3.8, 4) is 5.75 Å². The van der Waals surface area contributed by atoms with Crippen LogP contribution in [-0.4, -0.2) is 23.8 Å². The fraction of sp³-hybridized carbons (Fsp3) is 0.533. The Kier molecular flexibility index (Phi) is 5.21. The van der Waals surface area contributed by atoms with E-state index >= 15 is 0 Å². The van der Waals surface area contributed by atoms with E-state index in [-0.39, 0.29) is 5.56 Å². The Bertz CT molecular complexity index is 461. The molecule has 1 saturated heterocycles. The lowest BCUT2D eigenvalue weighted by Gasteiger charge is -2.23. The molecule has 0 saturated carbocycles. The molecule has 0 aliphatic carbocycles. The molecule has 0 spiro atoms. The number of nitrogens with one attached hydrogen (secondary N) is 1. The lowest BCUT2D eigenvalue weighted by Crippen LogP contribution is -2.35. The first kappa shape index (κ1) is 13.9. The molecule has 19 heavy (non-hydrogen) atoms. The third-order valence-electron chi connectivity index (χ3n) is 3.47. The molecule has 1 atom stereocenters. The van der Waals surface area contributed by atoms with Crippen LogP contribution in [0.3, 0.4) is 0 Å². The smallest absolute Gasteiger partial charge is 0.292 e. The van der Waals surface area contributed by atoms with Crippen LogP contribution < -0.4 is 15.6 Å². The van der Waals surface area contributed by atoms with Gasteiger partial charge in [0.05, 0.1) is 0 Å². The van der Waals surface area contributed by atoms with Crippen molar-refractivity contribution >= 4 is 0 Å². The summed E-state index contributed by atoms with van der Waals surface area (Å²) in [6.45, 7) is 5.78. The Balaban J connectivity index is 1.95. The molecule has 1 aromatic rings. The first-order valence-electron chi connectivity index (χ1n) is 6.98. The Morgan fingerprint density at radius 3 is 3.16 bits per heavy atom. The quantitative estimate of drug-likeness (QED) is 0.797. The van der Waals surface area contributed by atoms with Gasteiger partial charge in [-0.05, 0) is 37.9 Å². The Morgan fingerprint density at radius 2 is 2.42 bits per heavy atom. The first-order chi connectivity index (χ1) is 9.31. The average Bonchev–Trinajstić information content (AvgIpc) is 2.46. The molecule has 2 rings (SSSR count). The van der Waals surface area contributed by atoms with Crippen LogP contribution in [0.5, 0.6) is 5.75 Å². The van der Waals surface area contributed by atoms with Crippen molar-refractivity contribution in [1.82, 2.24) is 9.88 Å². The van der Waals surface area contributed by atoms with Crippen LogP contribution in [0.1, 0.15) is 25.7 Å². The number of aryl methyl sites for hydroxylation is 1. The maximum Gasteiger partial charge on any atom is 0.292 e. The normalized spacial score (nSPS) is 19.1. The number of hydrogen-bond donors (Lipinski definition) is 1. The van der Waals surface area contributed by atoms with Crippen molar-refractivity contribution in [1.29, 1.82) is 0 Å². The summed E-state index contributed by atoms with van der Waals surface area (Å²) in [4.78, 5) is 12.1.